The van der Waals surface area contributed by atoms with Crippen LogP contribution in [0, 0.1) is 5.92 Å². The van der Waals surface area contributed by atoms with Gasteiger partial charge < -0.3 is 11.1 Å². The molecule has 1 atom stereocenters. The van der Waals surface area contributed by atoms with Gasteiger partial charge in [0, 0.05) is 4.47 Å². The quantitative estimate of drug-likeness (QED) is 0.791. The van der Waals surface area contributed by atoms with Crippen LogP contribution in [0.15, 0.2) is 53.0 Å². The molecular weight excluding hydrogens is 300 g/mol. The minimum Gasteiger partial charge on any atom is -0.397 e. The van der Waals surface area contributed by atoms with Crippen LogP contribution in [0.5, 0.6) is 0 Å². The highest BCUT2D eigenvalue weighted by atomic mass is 79.9. The zero-order valence-corrected chi connectivity index (χ0v) is 12.8. The molecule has 0 saturated heterocycles. The van der Waals surface area contributed by atoms with E-state index in [2.05, 4.69) is 59.4 Å². The van der Waals surface area contributed by atoms with Crippen LogP contribution >= 0.6 is 15.9 Å². The summed E-state index contributed by atoms with van der Waals surface area (Å²) in [6.07, 6.45) is 0. The van der Waals surface area contributed by atoms with Gasteiger partial charge >= 0.3 is 0 Å². The molecule has 0 aromatic heterocycles. The van der Waals surface area contributed by atoms with Crippen LogP contribution in [0.25, 0.3) is 0 Å². The fraction of sp³-hybridized carbons (Fsp3) is 0.250. The first-order valence-electron chi connectivity index (χ1n) is 6.44. The maximum absolute atomic E-state index is 6.03. The van der Waals surface area contributed by atoms with E-state index >= 15 is 0 Å². The number of benzene rings is 2. The second-order valence-electron chi connectivity index (χ2n) is 5.01. The standard InChI is InChI=1S/C16H19BrN2/c1-11(2)16(12-6-4-3-5-7-12)19-15-10-13(17)8-9-14(15)18/h3-11,16,19H,18H2,1-2H3/t16-/m1/s1. The smallest absolute Gasteiger partial charge is 0.0590 e. The number of hydrogen-bond donors (Lipinski definition) is 2. The van der Waals surface area contributed by atoms with Crippen molar-refractivity contribution in [3.63, 3.8) is 0 Å². The Hall–Kier alpha value is -1.48. The van der Waals surface area contributed by atoms with Crippen molar-refractivity contribution >= 4 is 27.3 Å². The lowest BCUT2D eigenvalue weighted by Gasteiger charge is -2.25. The lowest BCUT2D eigenvalue weighted by Crippen LogP contribution is -2.17. The summed E-state index contributed by atoms with van der Waals surface area (Å²) in [5, 5.41) is 3.55. The molecule has 0 bridgehead atoms. The lowest BCUT2D eigenvalue weighted by molar-refractivity contribution is 0.547. The molecule has 2 nitrogen and oxygen atoms in total. The van der Waals surface area contributed by atoms with Crippen molar-refractivity contribution in [3.8, 4) is 0 Å². The number of halogens is 1. The Bertz CT molecular complexity index is 538. The maximum Gasteiger partial charge on any atom is 0.0590 e. The van der Waals surface area contributed by atoms with Gasteiger partial charge in [-0.1, -0.05) is 60.1 Å². The van der Waals surface area contributed by atoms with Gasteiger partial charge in [-0.3, -0.25) is 0 Å². The fourth-order valence-electron chi connectivity index (χ4n) is 2.12. The molecule has 2 aromatic carbocycles. The number of nitrogens with two attached hydrogens (primary N) is 1. The first kappa shape index (κ1) is 13.9. The molecular formula is C16H19BrN2. The molecule has 3 heteroatoms. The van der Waals surface area contributed by atoms with E-state index in [-0.39, 0.29) is 6.04 Å². The van der Waals surface area contributed by atoms with E-state index in [0.29, 0.717) is 5.92 Å². The van der Waals surface area contributed by atoms with Crippen LogP contribution in [0.2, 0.25) is 0 Å². The van der Waals surface area contributed by atoms with E-state index in [1.165, 1.54) is 5.56 Å². The minimum atomic E-state index is 0.248. The Kier molecular flexibility index (Phi) is 4.48. The number of hydrogen-bond acceptors (Lipinski definition) is 2. The summed E-state index contributed by atoms with van der Waals surface area (Å²) in [5.74, 6) is 0.473. The van der Waals surface area contributed by atoms with E-state index < -0.39 is 0 Å². The maximum atomic E-state index is 6.03. The van der Waals surface area contributed by atoms with Crippen LogP contribution in [0.4, 0.5) is 11.4 Å². The molecule has 100 valence electrons. The van der Waals surface area contributed by atoms with E-state index in [1.54, 1.807) is 0 Å². The summed E-state index contributed by atoms with van der Waals surface area (Å²) >= 11 is 3.48. The molecule has 19 heavy (non-hydrogen) atoms. The predicted octanol–water partition coefficient (Wildman–Crippen LogP) is 4.84. The summed E-state index contributed by atoms with van der Waals surface area (Å²) in [7, 11) is 0. The zero-order valence-electron chi connectivity index (χ0n) is 11.2. The molecule has 0 fully saturated rings. The topological polar surface area (TPSA) is 38.0 Å². The van der Waals surface area contributed by atoms with Crippen LogP contribution in [-0.2, 0) is 0 Å². The first-order chi connectivity index (χ1) is 9.08. The summed E-state index contributed by atoms with van der Waals surface area (Å²) in [6, 6.07) is 16.6. The lowest BCUT2D eigenvalue weighted by atomic mass is 9.95. The largest absolute Gasteiger partial charge is 0.397 e. The third kappa shape index (κ3) is 3.51. The highest BCUT2D eigenvalue weighted by molar-refractivity contribution is 9.10. The van der Waals surface area contributed by atoms with E-state index in [9.17, 15) is 0 Å². The average Bonchev–Trinajstić information content (AvgIpc) is 2.40. The summed E-state index contributed by atoms with van der Waals surface area (Å²) in [4.78, 5) is 0. The monoisotopic (exact) mass is 318 g/mol. The van der Waals surface area contributed by atoms with Gasteiger partial charge in [0.05, 0.1) is 17.4 Å². The van der Waals surface area contributed by atoms with Crippen molar-refractivity contribution < 1.29 is 0 Å². The van der Waals surface area contributed by atoms with Gasteiger partial charge in [0.25, 0.3) is 0 Å². The Morgan fingerprint density at radius 3 is 2.37 bits per heavy atom. The van der Waals surface area contributed by atoms with Gasteiger partial charge in [0.1, 0.15) is 0 Å². The molecule has 0 heterocycles. The molecule has 0 aliphatic carbocycles. The predicted molar refractivity (Wildman–Crippen MR) is 86.2 cm³/mol. The van der Waals surface area contributed by atoms with E-state index in [0.717, 1.165) is 15.8 Å². The first-order valence-corrected chi connectivity index (χ1v) is 7.23. The SMILES string of the molecule is CC(C)[C@@H](Nc1cc(Br)ccc1N)c1ccccc1. The van der Waals surface area contributed by atoms with Crippen LogP contribution in [0.1, 0.15) is 25.5 Å². The average molecular weight is 319 g/mol. The third-order valence-electron chi connectivity index (χ3n) is 3.15. The van der Waals surface area contributed by atoms with Crippen molar-refractivity contribution in [1.29, 1.82) is 0 Å². The molecule has 0 saturated carbocycles. The van der Waals surface area contributed by atoms with Crippen LogP contribution < -0.4 is 11.1 Å². The number of nitrogen functional groups attached to an aromatic ring is 1. The third-order valence-corrected chi connectivity index (χ3v) is 3.64. The number of anilines is 2. The molecule has 0 amide bonds. The van der Waals surface area contributed by atoms with E-state index in [1.807, 2.05) is 24.3 Å². The fourth-order valence-corrected chi connectivity index (χ4v) is 2.48. The highest BCUT2D eigenvalue weighted by Gasteiger charge is 2.16. The normalized spacial score (nSPS) is 12.4. The van der Waals surface area contributed by atoms with Crippen molar-refractivity contribution in [2.75, 3.05) is 11.1 Å². The summed E-state index contributed by atoms with van der Waals surface area (Å²) < 4.78 is 1.03. The molecule has 2 aromatic rings. The zero-order chi connectivity index (χ0) is 13.8. The molecule has 0 unspecified atom stereocenters. The van der Waals surface area contributed by atoms with Gasteiger partial charge in [-0.2, -0.15) is 0 Å². The van der Waals surface area contributed by atoms with Crippen LogP contribution in [-0.4, -0.2) is 0 Å². The van der Waals surface area contributed by atoms with Crippen LogP contribution in [0.3, 0.4) is 0 Å². The number of rotatable bonds is 4. The Labute approximate surface area is 123 Å². The van der Waals surface area contributed by atoms with Crippen molar-refractivity contribution in [3.05, 3.63) is 58.6 Å². The van der Waals surface area contributed by atoms with Gasteiger partial charge in [-0.15, -0.1) is 0 Å². The Morgan fingerprint density at radius 2 is 1.74 bits per heavy atom. The molecule has 0 aliphatic rings. The van der Waals surface area contributed by atoms with Gasteiger partial charge in [0.15, 0.2) is 0 Å². The van der Waals surface area contributed by atoms with Gasteiger partial charge in [0.2, 0.25) is 0 Å². The molecule has 0 aliphatic heterocycles. The van der Waals surface area contributed by atoms with Gasteiger partial charge in [-0.25, -0.2) is 0 Å². The van der Waals surface area contributed by atoms with E-state index in [4.69, 9.17) is 5.73 Å². The van der Waals surface area contributed by atoms with Crippen molar-refractivity contribution in [1.82, 2.24) is 0 Å². The number of nitrogens with one attached hydrogen (secondary N) is 1. The highest BCUT2D eigenvalue weighted by Crippen LogP contribution is 2.31. The summed E-state index contributed by atoms with van der Waals surface area (Å²) in [5.41, 5.74) is 9.05. The second kappa shape index (κ2) is 6.11. The van der Waals surface area contributed by atoms with Crippen molar-refractivity contribution in [2.24, 2.45) is 5.92 Å². The second-order valence-corrected chi connectivity index (χ2v) is 5.92. The molecule has 3 N–H and O–H groups in total. The molecule has 0 radical (unpaired) electrons. The summed E-state index contributed by atoms with van der Waals surface area (Å²) in [6.45, 7) is 4.41. The van der Waals surface area contributed by atoms with Gasteiger partial charge in [-0.05, 0) is 29.7 Å². The Balaban J connectivity index is 2.29. The van der Waals surface area contributed by atoms with Crippen molar-refractivity contribution in [2.45, 2.75) is 19.9 Å². The molecule has 2 rings (SSSR count). The Morgan fingerprint density at radius 1 is 1.05 bits per heavy atom. The molecule has 0 spiro atoms. The minimum absolute atomic E-state index is 0.248.